The number of piperidine rings is 1. The summed E-state index contributed by atoms with van der Waals surface area (Å²) in [5, 5.41) is 0. The largest absolute Gasteiger partial charge is 0.469 e. The van der Waals surface area contributed by atoms with Crippen LogP contribution >= 0.6 is 0 Å². The average Bonchev–Trinajstić information content (AvgIpc) is 2.88. The van der Waals surface area contributed by atoms with Gasteiger partial charge in [-0.3, -0.25) is 14.1 Å². The number of ether oxygens (including phenoxy) is 1. The molecular weight excluding hydrogens is 256 g/mol. The van der Waals surface area contributed by atoms with Gasteiger partial charge in [0.15, 0.2) is 0 Å². The van der Waals surface area contributed by atoms with Crippen LogP contribution < -0.4 is 0 Å². The fourth-order valence-corrected chi connectivity index (χ4v) is 2.74. The lowest BCUT2D eigenvalue weighted by atomic mass is 9.98. The van der Waals surface area contributed by atoms with Crippen LogP contribution in [0.3, 0.4) is 0 Å². The Morgan fingerprint density at radius 2 is 2.45 bits per heavy atom. The first-order valence-electron chi connectivity index (χ1n) is 6.85. The topological polar surface area (TPSA) is 59.7 Å². The van der Waals surface area contributed by atoms with Gasteiger partial charge in [-0.05, 0) is 25.5 Å². The van der Waals surface area contributed by atoms with Crippen LogP contribution in [0.25, 0.3) is 5.78 Å². The summed E-state index contributed by atoms with van der Waals surface area (Å²) in [4.78, 5) is 22.6. The summed E-state index contributed by atoms with van der Waals surface area (Å²) in [6, 6.07) is 1.88. The zero-order valence-corrected chi connectivity index (χ0v) is 11.5. The van der Waals surface area contributed by atoms with Gasteiger partial charge in [0.1, 0.15) is 0 Å². The molecule has 0 unspecified atom stereocenters. The number of esters is 1. The van der Waals surface area contributed by atoms with Crippen molar-refractivity contribution in [3.8, 4) is 0 Å². The Morgan fingerprint density at radius 1 is 1.55 bits per heavy atom. The predicted molar refractivity (Wildman–Crippen MR) is 73.0 cm³/mol. The van der Waals surface area contributed by atoms with E-state index in [-0.39, 0.29) is 11.9 Å². The Balaban J connectivity index is 1.69. The Kier molecular flexibility index (Phi) is 3.64. The maximum atomic E-state index is 11.6. The van der Waals surface area contributed by atoms with Crippen LogP contribution in [0.4, 0.5) is 0 Å². The molecule has 2 aromatic rings. The summed E-state index contributed by atoms with van der Waals surface area (Å²) in [6.45, 7) is 2.49. The van der Waals surface area contributed by atoms with E-state index in [0.29, 0.717) is 5.78 Å². The number of imidazole rings is 1. The summed E-state index contributed by atoms with van der Waals surface area (Å²) in [5.74, 6) is 0.597. The molecule has 3 heterocycles. The fourth-order valence-electron chi connectivity index (χ4n) is 2.74. The number of hydrogen-bond acceptors (Lipinski definition) is 5. The Morgan fingerprint density at radius 3 is 3.25 bits per heavy atom. The minimum Gasteiger partial charge on any atom is -0.469 e. The highest BCUT2D eigenvalue weighted by Crippen LogP contribution is 2.19. The Bertz CT molecular complexity index is 577. The lowest BCUT2D eigenvalue weighted by Crippen LogP contribution is -2.38. The molecule has 0 N–H and O–H groups in total. The van der Waals surface area contributed by atoms with Gasteiger partial charge in [-0.1, -0.05) is 0 Å². The first-order chi connectivity index (χ1) is 9.76. The zero-order chi connectivity index (χ0) is 13.9. The van der Waals surface area contributed by atoms with Crippen molar-refractivity contribution >= 4 is 11.7 Å². The van der Waals surface area contributed by atoms with Crippen LogP contribution in [0.15, 0.2) is 24.7 Å². The van der Waals surface area contributed by atoms with E-state index < -0.39 is 0 Å². The molecule has 0 amide bonds. The average molecular weight is 274 g/mol. The Hall–Kier alpha value is -1.95. The SMILES string of the molecule is COC(=O)[C@H]1CCCN(Cc2cn3cccnc3n2)C1. The minimum atomic E-state index is -0.105. The maximum Gasteiger partial charge on any atom is 0.309 e. The maximum absolute atomic E-state index is 11.6. The van der Waals surface area contributed by atoms with Crippen molar-refractivity contribution in [1.82, 2.24) is 19.3 Å². The molecule has 106 valence electrons. The third-order valence-corrected chi connectivity index (χ3v) is 3.71. The molecule has 20 heavy (non-hydrogen) atoms. The molecule has 2 aromatic heterocycles. The van der Waals surface area contributed by atoms with Crippen molar-refractivity contribution in [1.29, 1.82) is 0 Å². The number of aromatic nitrogens is 3. The second-order valence-corrected chi connectivity index (χ2v) is 5.16. The lowest BCUT2D eigenvalue weighted by Gasteiger charge is -2.30. The molecule has 1 aliphatic heterocycles. The summed E-state index contributed by atoms with van der Waals surface area (Å²) in [6.07, 6.45) is 7.60. The summed E-state index contributed by atoms with van der Waals surface area (Å²) < 4.78 is 6.75. The van der Waals surface area contributed by atoms with Crippen molar-refractivity contribution in [2.24, 2.45) is 5.92 Å². The number of methoxy groups -OCH3 is 1. The number of nitrogens with zero attached hydrogens (tertiary/aromatic N) is 4. The number of hydrogen-bond donors (Lipinski definition) is 0. The van der Waals surface area contributed by atoms with Crippen molar-refractivity contribution in [3.63, 3.8) is 0 Å². The molecular formula is C14H18N4O2. The minimum absolute atomic E-state index is 0.0103. The lowest BCUT2D eigenvalue weighted by molar-refractivity contribution is -0.147. The van der Waals surface area contributed by atoms with Gasteiger partial charge in [0.05, 0.1) is 18.7 Å². The second-order valence-electron chi connectivity index (χ2n) is 5.16. The van der Waals surface area contributed by atoms with Crippen LogP contribution in [0, 0.1) is 5.92 Å². The first kappa shape index (κ1) is 13.1. The highest BCUT2D eigenvalue weighted by Gasteiger charge is 2.26. The van der Waals surface area contributed by atoms with Gasteiger partial charge in [-0.15, -0.1) is 0 Å². The van der Waals surface area contributed by atoms with Gasteiger partial charge in [0.2, 0.25) is 5.78 Å². The number of carbonyl (C=O) groups excluding carboxylic acids is 1. The van der Waals surface area contributed by atoms with E-state index in [2.05, 4.69) is 14.9 Å². The molecule has 0 radical (unpaired) electrons. The molecule has 1 fully saturated rings. The molecule has 0 bridgehead atoms. The van der Waals surface area contributed by atoms with E-state index in [0.717, 1.165) is 38.2 Å². The molecule has 6 heteroatoms. The van der Waals surface area contributed by atoms with Crippen LogP contribution in [0.5, 0.6) is 0 Å². The number of likely N-dealkylation sites (tertiary alicyclic amines) is 1. The van der Waals surface area contributed by atoms with Crippen LogP contribution in [0.1, 0.15) is 18.5 Å². The highest BCUT2D eigenvalue weighted by atomic mass is 16.5. The van der Waals surface area contributed by atoms with Crippen LogP contribution in [-0.4, -0.2) is 45.4 Å². The molecule has 0 saturated carbocycles. The third kappa shape index (κ3) is 2.65. The van der Waals surface area contributed by atoms with E-state index in [4.69, 9.17) is 4.74 Å². The van der Waals surface area contributed by atoms with Gasteiger partial charge in [0.25, 0.3) is 0 Å². The monoisotopic (exact) mass is 274 g/mol. The third-order valence-electron chi connectivity index (χ3n) is 3.71. The standard InChI is InChI=1S/C14H18N4O2/c1-20-13(19)11-4-2-6-17(8-11)9-12-10-18-7-3-5-15-14(18)16-12/h3,5,7,10-11H,2,4,6,8-9H2,1H3/t11-/m0/s1. The van der Waals surface area contributed by atoms with Gasteiger partial charge in [-0.25, -0.2) is 9.97 Å². The summed E-state index contributed by atoms with van der Waals surface area (Å²) in [7, 11) is 1.45. The van der Waals surface area contributed by atoms with E-state index in [1.807, 2.05) is 22.9 Å². The van der Waals surface area contributed by atoms with E-state index in [1.54, 1.807) is 6.20 Å². The zero-order valence-electron chi connectivity index (χ0n) is 11.5. The predicted octanol–water partition coefficient (Wildman–Crippen LogP) is 1.11. The van der Waals surface area contributed by atoms with E-state index in [9.17, 15) is 4.79 Å². The van der Waals surface area contributed by atoms with Gasteiger partial charge in [0, 0.05) is 31.7 Å². The molecule has 0 spiro atoms. The van der Waals surface area contributed by atoms with Crippen molar-refractivity contribution in [2.45, 2.75) is 19.4 Å². The van der Waals surface area contributed by atoms with Crippen molar-refractivity contribution < 1.29 is 9.53 Å². The van der Waals surface area contributed by atoms with E-state index in [1.165, 1.54) is 7.11 Å². The second kappa shape index (κ2) is 5.58. The molecule has 3 rings (SSSR count). The highest BCUT2D eigenvalue weighted by molar-refractivity contribution is 5.72. The van der Waals surface area contributed by atoms with Crippen LogP contribution in [-0.2, 0) is 16.1 Å². The van der Waals surface area contributed by atoms with Gasteiger partial charge in [-0.2, -0.15) is 0 Å². The quantitative estimate of drug-likeness (QED) is 0.785. The molecule has 1 atom stereocenters. The molecule has 1 aliphatic rings. The van der Waals surface area contributed by atoms with E-state index >= 15 is 0 Å². The smallest absolute Gasteiger partial charge is 0.309 e. The van der Waals surface area contributed by atoms with Gasteiger partial charge >= 0.3 is 5.97 Å². The number of fused-ring (bicyclic) bond motifs is 1. The number of carbonyl (C=O) groups is 1. The molecule has 1 saturated heterocycles. The Labute approximate surface area is 117 Å². The molecule has 0 aliphatic carbocycles. The van der Waals surface area contributed by atoms with Crippen molar-refractivity contribution in [3.05, 3.63) is 30.4 Å². The normalized spacial score (nSPS) is 20.1. The summed E-state index contributed by atoms with van der Waals surface area (Å²) >= 11 is 0. The molecule has 6 nitrogen and oxygen atoms in total. The fraction of sp³-hybridized carbons (Fsp3) is 0.500. The first-order valence-corrected chi connectivity index (χ1v) is 6.85. The molecule has 0 aromatic carbocycles. The van der Waals surface area contributed by atoms with Gasteiger partial charge < -0.3 is 4.74 Å². The number of rotatable bonds is 3. The van der Waals surface area contributed by atoms with Crippen molar-refractivity contribution in [2.75, 3.05) is 20.2 Å². The summed E-state index contributed by atoms with van der Waals surface area (Å²) in [5.41, 5.74) is 0.981. The van der Waals surface area contributed by atoms with Crippen LogP contribution in [0.2, 0.25) is 0 Å².